The van der Waals surface area contributed by atoms with Crippen molar-refractivity contribution in [3.8, 4) is 5.75 Å². The highest BCUT2D eigenvalue weighted by Gasteiger charge is 2.22. The normalized spacial score (nSPS) is 14.6. The first-order valence-electron chi connectivity index (χ1n) is 5.43. The van der Waals surface area contributed by atoms with E-state index in [-0.39, 0.29) is 5.91 Å². The molecule has 0 saturated heterocycles. The van der Waals surface area contributed by atoms with E-state index >= 15 is 0 Å². The van der Waals surface area contributed by atoms with E-state index in [9.17, 15) is 4.79 Å². The Kier molecular flexibility index (Phi) is 2.99. The van der Waals surface area contributed by atoms with Crippen LogP contribution in [0.4, 0.5) is 5.69 Å². The zero-order chi connectivity index (χ0) is 11.5. The second kappa shape index (κ2) is 4.43. The molecule has 3 N–H and O–H groups in total. The predicted octanol–water partition coefficient (Wildman–Crippen LogP) is 1.42. The van der Waals surface area contributed by atoms with Crippen molar-refractivity contribution in [1.82, 2.24) is 5.32 Å². The average molecular weight is 220 g/mol. The van der Waals surface area contributed by atoms with Crippen LogP contribution in [0, 0.1) is 5.92 Å². The monoisotopic (exact) mass is 220 g/mol. The first-order chi connectivity index (χ1) is 7.72. The van der Waals surface area contributed by atoms with E-state index in [1.165, 1.54) is 20.0 Å². The number of hydrogen-bond donors (Lipinski definition) is 2. The fourth-order valence-corrected chi connectivity index (χ4v) is 1.62. The average Bonchev–Trinajstić information content (AvgIpc) is 3.09. The van der Waals surface area contributed by atoms with Crippen molar-refractivity contribution in [2.75, 3.05) is 19.4 Å². The van der Waals surface area contributed by atoms with Crippen molar-refractivity contribution in [2.45, 2.75) is 12.8 Å². The quantitative estimate of drug-likeness (QED) is 0.754. The minimum atomic E-state index is -0.115. The van der Waals surface area contributed by atoms with Crippen molar-refractivity contribution >= 4 is 11.6 Å². The molecular weight excluding hydrogens is 204 g/mol. The lowest BCUT2D eigenvalue weighted by Crippen LogP contribution is -2.26. The molecular formula is C12H16N2O2. The number of para-hydroxylation sites is 1. The molecule has 1 aliphatic carbocycles. The number of anilines is 1. The maximum atomic E-state index is 11.9. The molecule has 1 saturated carbocycles. The molecule has 16 heavy (non-hydrogen) atoms. The number of carbonyl (C=O) groups excluding carboxylic acids is 1. The maximum Gasteiger partial charge on any atom is 0.255 e. The Morgan fingerprint density at radius 3 is 2.94 bits per heavy atom. The molecule has 1 amide bonds. The number of methoxy groups -OCH3 is 1. The van der Waals surface area contributed by atoms with Gasteiger partial charge in [0.2, 0.25) is 0 Å². The molecule has 0 unspecified atom stereocenters. The summed E-state index contributed by atoms with van der Waals surface area (Å²) in [6, 6.07) is 5.19. The minimum absolute atomic E-state index is 0.115. The van der Waals surface area contributed by atoms with Gasteiger partial charge in [-0.15, -0.1) is 0 Å². The van der Waals surface area contributed by atoms with Crippen LogP contribution in [0.15, 0.2) is 18.2 Å². The molecule has 4 heteroatoms. The Balaban J connectivity index is 2.11. The summed E-state index contributed by atoms with van der Waals surface area (Å²) < 4.78 is 5.13. The molecule has 0 heterocycles. The predicted molar refractivity (Wildman–Crippen MR) is 62.5 cm³/mol. The SMILES string of the molecule is COc1c(N)cccc1C(=O)NCC1CC1. The van der Waals surface area contributed by atoms with Gasteiger partial charge >= 0.3 is 0 Å². The Morgan fingerprint density at radius 2 is 2.31 bits per heavy atom. The Morgan fingerprint density at radius 1 is 1.56 bits per heavy atom. The summed E-state index contributed by atoms with van der Waals surface area (Å²) in [4.78, 5) is 11.9. The van der Waals surface area contributed by atoms with E-state index in [4.69, 9.17) is 10.5 Å². The summed E-state index contributed by atoms with van der Waals surface area (Å²) in [5.74, 6) is 1.00. The lowest BCUT2D eigenvalue weighted by Gasteiger charge is -2.10. The number of benzene rings is 1. The molecule has 4 nitrogen and oxygen atoms in total. The third-order valence-electron chi connectivity index (χ3n) is 2.74. The minimum Gasteiger partial charge on any atom is -0.494 e. The second-order valence-electron chi connectivity index (χ2n) is 4.08. The van der Waals surface area contributed by atoms with Crippen LogP contribution >= 0.6 is 0 Å². The van der Waals surface area contributed by atoms with Crippen LogP contribution < -0.4 is 15.8 Å². The highest BCUT2D eigenvalue weighted by Crippen LogP contribution is 2.29. The number of nitrogens with one attached hydrogen (secondary N) is 1. The van der Waals surface area contributed by atoms with E-state index in [0.29, 0.717) is 22.9 Å². The first kappa shape index (κ1) is 10.8. The maximum absolute atomic E-state index is 11.9. The van der Waals surface area contributed by atoms with Gasteiger partial charge in [-0.1, -0.05) is 6.07 Å². The van der Waals surface area contributed by atoms with E-state index in [1.54, 1.807) is 18.2 Å². The summed E-state index contributed by atoms with van der Waals surface area (Å²) in [6.07, 6.45) is 2.43. The first-order valence-corrected chi connectivity index (χ1v) is 5.43. The van der Waals surface area contributed by atoms with Gasteiger partial charge in [0.15, 0.2) is 5.75 Å². The lowest BCUT2D eigenvalue weighted by molar-refractivity contribution is 0.0949. The van der Waals surface area contributed by atoms with E-state index in [1.807, 2.05) is 0 Å². The number of ether oxygens (including phenoxy) is 1. The van der Waals surface area contributed by atoms with Crippen molar-refractivity contribution < 1.29 is 9.53 Å². The van der Waals surface area contributed by atoms with Gasteiger partial charge in [-0.05, 0) is 30.9 Å². The van der Waals surface area contributed by atoms with Crippen molar-refractivity contribution in [3.05, 3.63) is 23.8 Å². The highest BCUT2D eigenvalue weighted by molar-refractivity contribution is 5.98. The van der Waals surface area contributed by atoms with Crippen LogP contribution in [0.3, 0.4) is 0 Å². The number of hydrogen-bond acceptors (Lipinski definition) is 3. The van der Waals surface area contributed by atoms with Gasteiger partial charge in [-0.25, -0.2) is 0 Å². The number of rotatable bonds is 4. The molecule has 0 aromatic heterocycles. The van der Waals surface area contributed by atoms with Crippen LogP contribution in [0.1, 0.15) is 23.2 Å². The van der Waals surface area contributed by atoms with Crippen LogP contribution in [0.25, 0.3) is 0 Å². The summed E-state index contributed by atoms with van der Waals surface area (Å²) in [6.45, 7) is 0.747. The molecule has 0 atom stereocenters. The topological polar surface area (TPSA) is 64.3 Å². The van der Waals surface area contributed by atoms with Gasteiger partial charge in [-0.3, -0.25) is 4.79 Å². The fourth-order valence-electron chi connectivity index (χ4n) is 1.62. The molecule has 1 aromatic carbocycles. The summed E-state index contributed by atoms with van der Waals surface area (Å²) in [5.41, 5.74) is 6.72. The number of nitrogen functional groups attached to an aromatic ring is 1. The zero-order valence-corrected chi connectivity index (χ0v) is 9.32. The van der Waals surface area contributed by atoms with E-state index < -0.39 is 0 Å². The van der Waals surface area contributed by atoms with Crippen molar-refractivity contribution in [2.24, 2.45) is 5.92 Å². The van der Waals surface area contributed by atoms with E-state index in [0.717, 1.165) is 6.54 Å². The molecule has 1 fully saturated rings. The number of carbonyl (C=O) groups is 1. The molecule has 1 aliphatic rings. The van der Waals surface area contributed by atoms with Crippen LogP contribution in [-0.4, -0.2) is 19.6 Å². The molecule has 0 aliphatic heterocycles. The van der Waals surface area contributed by atoms with Gasteiger partial charge in [-0.2, -0.15) is 0 Å². The highest BCUT2D eigenvalue weighted by atomic mass is 16.5. The zero-order valence-electron chi connectivity index (χ0n) is 9.32. The van der Waals surface area contributed by atoms with Gasteiger partial charge < -0.3 is 15.8 Å². The molecule has 0 bridgehead atoms. The smallest absolute Gasteiger partial charge is 0.255 e. The van der Waals surface area contributed by atoms with Gasteiger partial charge in [0.25, 0.3) is 5.91 Å². The summed E-state index contributed by atoms with van der Waals surface area (Å²) in [5, 5.41) is 2.89. The molecule has 2 rings (SSSR count). The van der Waals surface area contributed by atoms with Gasteiger partial charge in [0, 0.05) is 6.54 Å². The van der Waals surface area contributed by atoms with Crippen LogP contribution in [0.5, 0.6) is 5.75 Å². The fraction of sp³-hybridized carbons (Fsp3) is 0.417. The molecule has 86 valence electrons. The third-order valence-corrected chi connectivity index (χ3v) is 2.74. The Hall–Kier alpha value is -1.71. The van der Waals surface area contributed by atoms with Crippen LogP contribution in [0.2, 0.25) is 0 Å². The van der Waals surface area contributed by atoms with Gasteiger partial charge in [0.05, 0.1) is 18.4 Å². The molecule has 1 aromatic rings. The Bertz CT molecular complexity index is 400. The number of nitrogens with two attached hydrogens (primary N) is 1. The number of amides is 1. The molecule has 0 radical (unpaired) electrons. The molecule has 0 spiro atoms. The summed E-state index contributed by atoms with van der Waals surface area (Å²) >= 11 is 0. The van der Waals surface area contributed by atoms with E-state index in [2.05, 4.69) is 5.32 Å². The summed E-state index contributed by atoms with van der Waals surface area (Å²) in [7, 11) is 1.52. The lowest BCUT2D eigenvalue weighted by atomic mass is 10.1. The van der Waals surface area contributed by atoms with Crippen LogP contribution in [-0.2, 0) is 0 Å². The largest absolute Gasteiger partial charge is 0.494 e. The Labute approximate surface area is 94.8 Å². The second-order valence-corrected chi connectivity index (χ2v) is 4.08. The van der Waals surface area contributed by atoms with Crippen molar-refractivity contribution in [3.63, 3.8) is 0 Å². The standard InChI is InChI=1S/C12H16N2O2/c1-16-11-9(3-2-4-10(11)13)12(15)14-7-8-5-6-8/h2-4,8H,5-7,13H2,1H3,(H,14,15). The van der Waals surface area contributed by atoms with Gasteiger partial charge in [0.1, 0.15) is 0 Å². The third kappa shape index (κ3) is 2.27. The van der Waals surface area contributed by atoms with Crippen molar-refractivity contribution in [1.29, 1.82) is 0 Å².